The number of allylic oxidation sites excluding steroid dienone is 4. The van der Waals surface area contributed by atoms with Crippen molar-refractivity contribution in [3.63, 3.8) is 0 Å². The minimum atomic E-state index is 0.00229. The summed E-state index contributed by atoms with van der Waals surface area (Å²) in [6, 6.07) is 51.8. The minimum absolute atomic E-state index is 0.00229. The Balaban J connectivity index is 1.19. The molecule has 1 N–H and O–H groups in total. The molecule has 1 heterocycles. The van der Waals surface area contributed by atoms with Crippen LogP contribution in [-0.4, -0.2) is 0 Å². The standard InChI is InChI=1S/C54H47NS/c1-33-14-7-9-17-38(33)51-42(28-29-46-52(51)43-27-24-36(53(2,3)4)30-47(43)54(46,5)6)44-31-45-41-19-11-12-21-49(41)56-50(45)32-48(44)55-37-25-22-35(23-26-37)40-20-13-16-34-15-8-10-18-39(34)40/h7-29,31-32,47,55H,30H2,1-6H3. The largest absolute Gasteiger partial charge is 0.355 e. The van der Waals surface area contributed by atoms with Gasteiger partial charge in [-0.3, -0.25) is 0 Å². The van der Waals surface area contributed by atoms with Gasteiger partial charge in [0.05, 0.1) is 0 Å². The number of hydrogen-bond acceptors (Lipinski definition) is 2. The van der Waals surface area contributed by atoms with E-state index in [9.17, 15) is 0 Å². The summed E-state index contributed by atoms with van der Waals surface area (Å²) in [7, 11) is 0. The molecule has 1 atom stereocenters. The second-order valence-electron chi connectivity index (χ2n) is 17.5. The van der Waals surface area contributed by atoms with Gasteiger partial charge in [0, 0.05) is 37.1 Å². The Morgan fingerprint density at radius 1 is 0.607 bits per heavy atom. The highest BCUT2D eigenvalue weighted by molar-refractivity contribution is 7.25. The van der Waals surface area contributed by atoms with Crippen molar-refractivity contribution < 1.29 is 0 Å². The van der Waals surface area contributed by atoms with E-state index in [0.29, 0.717) is 5.92 Å². The number of aryl methyl sites for hydroxylation is 1. The van der Waals surface area contributed by atoms with Crippen LogP contribution in [0.2, 0.25) is 0 Å². The van der Waals surface area contributed by atoms with E-state index in [0.717, 1.165) is 17.8 Å². The summed E-state index contributed by atoms with van der Waals surface area (Å²) in [5.41, 5.74) is 17.2. The van der Waals surface area contributed by atoms with E-state index in [1.165, 1.54) is 92.2 Å². The van der Waals surface area contributed by atoms with Crippen LogP contribution in [0.15, 0.2) is 157 Å². The molecule has 0 spiro atoms. The van der Waals surface area contributed by atoms with Gasteiger partial charge in [0.1, 0.15) is 0 Å². The van der Waals surface area contributed by atoms with E-state index in [4.69, 9.17) is 0 Å². The van der Waals surface area contributed by atoms with Crippen LogP contribution >= 0.6 is 11.3 Å². The SMILES string of the molecule is Cc1ccccc1-c1c(-c2cc3c(cc2Nc2ccc(-c4cccc5ccccc45)cc2)sc2ccccc23)ccc2c1C1=CC=C(C(C)(C)C)CC1C2(C)C. The molecule has 0 aliphatic heterocycles. The van der Waals surface area contributed by atoms with Crippen molar-refractivity contribution in [2.75, 3.05) is 5.32 Å². The van der Waals surface area contributed by atoms with Gasteiger partial charge in [-0.1, -0.05) is 162 Å². The van der Waals surface area contributed by atoms with Crippen LogP contribution in [0.3, 0.4) is 0 Å². The fraction of sp³-hybridized carbons (Fsp3) is 0.185. The highest BCUT2D eigenvalue weighted by Gasteiger charge is 2.46. The molecule has 0 bridgehead atoms. The van der Waals surface area contributed by atoms with Gasteiger partial charge in [-0.2, -0.15) is 0 Å². The zero-order valence-corrected chi connectivity index (χ0v) is 33.9. The van der Waals surface area contributed by atoms with Crippen molar-refractivity contribution in [2.45, 2.75) is 53.4 Å². The highest BCUT2D eigenvalue weighted by atomic mass is 32.1. The number of anilines is 2. The number of fused-ring (bicyclic) bond motifs is 7. The molecule has 0 saturated carbocycles. The van der Waals surface area contributed by atoms with Crippen LogP contribution in [0.25, 0.3) is 69.9 Å². The molecule has 0 fully saturated rings. The number of thiophene rings is 1. The van der Waals surface area contributed by atoms with Crippen molar-refractivity contribution in [1.82, 2.24) is 0 Å². The average molecular weight is 742 g/mol. The molecule has 1 nitrogen and oxygen atoms in total. The fourth-order valence-electron chi connectivity index (χ4n) is 9.61. The third-order valence-corrected chi connectivity index (χ3v) is 13.9. The molecule has 0 saturated heterocycles. The van der Waals surface area contributed by atoms with Crippen LogP contribution in [0.1, 0.15) is 57.7 Å². The van der Waals surface area contributed by atoms with Crippen molar-refractivity contribution in [1.29, 1.82) is 0 Å². The molecule has 2 aliphatic rings. The van der Waals surface area contributed by atoms with Gasteiger partial charge in [-0.25, -0.2) is 0 Å². The van der Waals surface area contributed by atoms with Gasteiger partial charge in [0.25, 0.3) is 0 Å². The first-order valence-electron chi connectivity index (χ1n) is 20.0. The summed E-state index contributed by atoms with van der Waals surface area (Å²) in [5.74, 6) is 0.427. The monoisotopic (exact) mass is 741 g/mol. The normalized spacial score (nSPS) is 16.1. The summed E-state index contributed by atoms with van der Waals surface area (Å²) < 4.78 is 2.61. The Morgan fingerprint density at radius 3 is 2.12 bits per heavy atom. The lowest BCUT2D eigenvalue weighted by Crippen LogP contribution is -2.27. The van der Waals surface area contributed by atoms with Crippen LogP contribution < -0.4 is 5.32 Å². The zero-order chi connectivity index (χ0) is 38.3. The average Bonchev–Trinajstić information content (AvgIpc) is 3.68. The van der Waals surface area contributed by atoms with E-state index in [1.807, 2.05) is 11.3 Å². The predicted octanol–water partition coefficient (Wildman–Crippen LogP) is 15.9. The lowest BCUT2D eigenvalue weighted by atomic mass is 9.69. The first-order chi connectivity index (χ1) is 27.1. The maximum absolute atomic E-state index is 3.96. The Hall–Kier alpha value is -5.70. The van der Waals surface area contributed by atoms with Gasteiger partial charge >= 0.3 is 0 Å². The zero-order valence-electron chi connectivity index (χ0n) is 33.1. The predicted molar refractivity (Wildman–Crippen MR) is 244 cm³/mol. The second kappa shape index (κ2) is 12.9. The molecule has 2 heteroatoms. The molecular weight excluding hydrogens is 695 g/mol. The molecule has 1 aromatic heterocycles. The maximum Gasteiger partial charge on any atom is 0.0478 e. The Bertz CT molecular complexity index is 2920. The van der Waals surface area contributed by atoms with Crippen molar-refractivity contribution in [2.24, 2.45) is 11.3 Å². The molecule has 2 aliphatic carbocycles. The summed E-state index contributed by atoms with van der Waals surface area (Å²) >= 11 is 1.88. The molecule has 0 amide bonds. The van der Waals surface area contributed by atoms with Gasteiger partial charge in [-0.15, -0.1) is 11.3 Å². The molecule has 10 rings (SSSR count). The summed E-state index contributed by atoms with van der Waals surface area (Å²) in [4.78, 5) is 0. The summed E-state index contributed by atoms with van der Waals surface area (Å²) in [5, 5.41) is 9.12. The summed E-state index contributed by atoms with van der Waals surface area (Å²) in [6.07, 6.45) is 6.00. The molecule has 7 aromatic carbocycles. The molecule has 56 heavy (non-hydrogen) atoms. The van der Waals surface area contributed by atoms with Gasteiger partial charge in [-0.05, 0) is 121 Å². The molecule has 8 aromatic rings. The third kappa shape index (κ3) is 5.57. The fourth-order valence-corrected chi connectivity index (χ4v) is 10.7. The molecule has 1 unspecified atom stereocenters. The smallest absolute Gasteiger partial charge is 0.0478 e. The van der Waals surface area contributed by atoms with Crippen LogP contribution in [0, 0.1) is 18.3 Å². The number of hydrogen-bond donors (Lipinski definition) is 1. The molecule has 0 radical (unpaired) electrons. The van der Waals surface area contributed by atoms with E-state index < -0.39 is 0 Å². The Morgan fingerprint density at radius 2 is 1.32 bits per heavy atom. The number of nitrogens with one attached hydrogen (secondary N) is 1. The van der Waals surface area contributed by atoms with Gasteiger partial charge in [0.15, 0.2) is 0 Å². The van der Waals surface area contributed by atoms with Crippen molar-refractivity contribution in [3.05, 3.63) is 174 Å². The Kier molecular flexibility index (Phi) is 8.03. The van der Waals surface area contributed by atoms with Crippen LogP contribution in [0.5, 0.6) is 0 Å². The topological polar surface area (TPSA) is 12.0 Å². The van der Waals surface area contributed by atoms with E-state index in [1.54, 1.807) is 0 Å². The maximum atomic E-state index is 3.96. The van der Waals surface area contributed by atoms with E-state index >= 15 is 0 Å². The second-order valence-corrected chi connectivity index (χ2v) is 18.6. The lowest BCUT2D eigenvalue weighted by molar-refractivity contribution is 0.372. The quantitative estimate of drug-likeness (QED) is 0.185. The van der Waals surface area contributed by atoms with Crippen molar-refractivity contribution in [3.8, 4) is 33.4 Å². The molecular formula is C54H47NS. The van der Waals surface area contributed by atoms with Crippen LogP contribution in [-0.2, 0) is 5.41 Å². The summed E-state index contributed by atoms with van der Waals surface area (Å²) in [6.45, 7) is 14.3. The van der Waals surface area contributed by atoms with E-state index in [2.05, 4.69) is 199 Å². The Labute approximate surface area is 335 Å². The first-order valence-corrected chi connectivity index (χ1v) is 20.8. The molecule has 274 valence electrons. The first kappa shape index (κ1) is 34.8. The number of benzene rings is 7. The third-order valence-electron chi connectivity index (χ3n) is 12.8. The highest BCUT2D eigenvalue weighted by Crippen LogP contribution is 2.59. The number of rotatable bonds is 5. The van der Waals surface area contributed by atoms with E-state index in [-0.39, 0.29) is 10.8 Å². The van der Waals surface area contributed by atoms with Crippen LogP contribution in [0.4, 0.5) is 11.4 Å². The van der Waals surface area contributed by atoms with Gasteiger partial charge < -0.3 is 5.32 Å². The minimum Gasteiger partial charge on any atom is -0.355 e. The lowest BCUT2D eigenvalue weighted by Gasteiger charge is -2.35. The van der Waals surface area contributed by atoms with Crippen molar-refractivity contribution >= 4 is 59.2 Å². The van der Waals surface area contributed by atoms with Gasteiger partial charge in [0.2, 0.25) is 0 Å².